The van der Waals surface area contributed by atoms with E-state index < -0.39 is 5.97 Å². The van der Waals surface area contributed by atoms with Crippen LogP contribution < -0.4 is 4.74 Å². The van der Waals surface area contributed by atoms with Gasteiger partial charge in [0.2, 0.25) is 0 Å². The average Bonchev–Trinajstić information content (AvgIpc) is 2.40. The lowest BCUT2D eigenvalue weighted by Crippen LogP contribution is -2.18. The van der Waals surface area contributed by atoms with Crippen molar-refractivity contribution in [1.82, 2.24) is 4.90 Å². The lowest BCUT2D eigenvalue weighted by atomic mass is 10.2. The first kappa shape index (κ1) is 15.1. The molecule has 0 bridgehead atoms. The molecule has 0 saturated heterocycles. The van der Waals surface area contributed by atoms with E-state index in [1.165, 1.54) is 5.56 Å². The van der Waals surface area contributed by atoms with Crippen LogP contribution in [0.25, 0.3) is 0 Å². The molecule has 1 aromatic carbocycles. The van der Waals surface area contributed by atoms with Crippen molar-refractivity contribution in [3.8, 4) is 17.6 Å². The molecule has 4 heteroatoms. The maximum absolute atomic E-state index is 11.0. The van der Waals surface area contributed by atoms with Gasteiger partial charge in [-0.15, -0.1) is 0 Å². The summed E-state index contributed by atoms with van der Waals surface area (Å²) < 4.78 is 9.82. The van der Waals surface area contributed by atoms with Crippen molar-refractivity contribution in [3.63, 3.8) is 0 Å². The van der Waals surface area contributed by atoms with Gasteiger partial charge in [0, 0.05) is 12.5 Å². The summed E-state index contributed by atoms with van der Waals surface area (Å²) in [5.74, 6) is 5.60. The number of carbonyl (C=O) groups is 1. The minimum atomic E-state index is -0.472. The van der Waals surface area contributed by atoms with Gasteiger partial charge in [0.25, 0.3) is 0 Å². The molecule has 0 radical (unpaired) electrons. The molecule has 0 aliphatic rings. The molecule has 1 aromatic rings. The van der Waals surface area contributed by atoms with Crippen LogP contribution in [0.3, 0.4) is 0 Å². The summed E-state index contributed by atoms with van der Waals surface area (Å²) in [6, 6.07) is 7.86. The predicted molar refractivity (Wildman–Crippen MR) is 73.7 cm³/mol. The van der Waals surface area contributed by atoms with Crippen molar-refractivity contribution >= 4 is 5.97 Å². The number of esters is 1. The zero-order valence-corrected chi connectivity index (χ0v) is 11.6. The maximum atomic E-state index is 11.0. The first-order chi connectivity index (χ1) is 9.15. The summed E-state index contributed by atoms with van der Waals surface area (Å²) in [7, 11) is 3.59. The van der Waals surface area contributed by atoms with E-state index in [1.807, 2.05) is 36.2 Å². The number of carbonyl (C=O) groups excluding carboxylic acids is 1. The Morgan fingerprint density at radius 3 is 2.58 bits per heavy atom. The fourth-order valence-electron chi connectivity index (χ4n) is 1.51. The number of hydrogen-bond donors (Lipinski definition) is 0. The van der Waals surface area contributed by atoms with Gasteiger partial charge in [-0.3, -0.25) is 4.90 Å². The molecule has 102 valence electrons. The fourth-order valence-corrected chi connectivity index (χ4v) is 1.51. The smallest absolute Gasteiger partial charge is 0.384 e. The molecule has 19 heavy (non-hydrogen) atoms. The van der Waals surface area contributed by atoms with Crippen LogP contribution in [0.2, 0.25) is 0 Å². The maximum Gasteiger partial charge on any atom is 0.384 e. The molecule has 0 unspecified atom stereocenters. The Labute approximate surface area is 114 Å². The van der Waals surface area contributed by atoms with Gasteiger partial charge in [-0.05, 0) is 31.7 Å². The summed E-state index contributed by atoms with van der Waals surface area (Å²) in [6.07, 6.45) is 0. The third-order valence-electron chi connectivity index (χ3n) is 2.43. The lowest BCUT2D eigenvalue weighted by Gasteiger charge is -2.13. The number of ether oxygens (including phenoxy) is 2. The van der Waals surface area contributed by atoms with Gasteiger partial charge in [0.05, 0.1) is 20.3 Å². The van der Waals surface area contributed by atoms with Crippen molar-refractivity contribution in [3.05, 3.63) is 29.8 Å². The molecular formula is C15H19NO3. The zero-order chi connectivity index (χ0) is 14.1. The highest BCUT2D eigenvalue weighted by atomic mass is 16.5. The monoisotopic (exact) mass is 261 g/mol. The minimum absolute atomic E-state index is 0.356. The van der Waals surface area contributed by atoms with Crippen molar-refractivity contribution in [2.75, 3.05) is 27.3 Å². The number of rotatable bonds is 5. The van der Waals surface area contributed by atoms with Crippen LogP contribution in [0.4, 0.5) is 0 Å². The fraction of sp³-hybridized carbons (Fsp3) is 0.400. The molecule has 1 rings (SSSR count). The summed E-state index contributed by atoms with van der Waals surface area (Å²) >= 11 is 0. The molecule has 0 aromatic heterocycles. The molecule has 0 fully saturated rings. The van der Waals surface area contributed by atoms with E-state index in [2.05, 4.69) is 11.8 Å². The van der Waals surface area contributed by atoms with E-state index >= 15 is 0 Å². The lowest BCUT2D eigenvalue weighted by molar-refractivity contribution is -0.136. The Balaban J connectivity index is 2.41. The Hall–Kier alpha value is -1.99. The number of hydrogen-bond acceptors (Lipinski definition) is 4. The second-order valence-electron chi connectivity index (χ2n) is 4.04. The summed E-state index contributed by atoms with van der Waals surface area (Å²) in [5, 5.41) is 0. The molecule has 0 N–H and O–H groups in total. The Bertz CT molecular complexity index is 457. The van der Waals surface area contributed by atoms with Crippen LogP contribution in [0.5, 0.6) is 5.75 Å². The summed E-state index contributed by atoms with van der Waals surface area (Å²) in [4.78, 5) is 13.0. The van der Waals surface area contributed by atoms with E-state index in [0.717, 1.165) is 12.3 Å². The Kier molecular flexibility index (Phi) is 6.48. The van der Waals surface area contributed by atoms with E-state index in [1.54, 1.807) is 14.0 Å². The number of nitrogens with zero attached hydrogens (tertiary/aromatic N) is 1. The standard InChI is InChI=1S/C15H19NO3/c1-4-19-15(17)6-5-11-16(2)12-13-7-9-14(18-3)10-8-13/h7-10H,4,11-12H2,1-3H3. The first-order valence-corrected chi connectivity index (χ1v) is 6.12. The largest absolute Gasteiger partial charge is 0.497 e. The second kappa shape index (κ2) is 8.17. The first-order valence-electron chi connectivity index (χ1n) is 6.12. The van der Waals surface area contributed by atoms with Crippen molar-refractivity contribution in [1.29, 1.82) is 0 Å². The zero-order valence-electron chi connectivity index (χ0n) is 11.6. The van der Waals surface area contributed by atoms with E-state index in [9.17, 15) is 4.79 Å². The SMILES string of the molecule is CCOC(=O)C#CCN(C)Cc1ccc(OC)cc1. The van der Waals surface area contributed by atoms with Gasteiger partial charge in [-0.2, -0.15) is 0 Å². The van der Waals surface area contributed by atoms with Crippen molar-refractivity contribution in [2.24, 2.45) is 0 Å². The van der Waals surface area contributed by atoms with E-state index in [4.69, 9.17) is 9.47 Å². The minimum Gasteiger partial charge on any atom is -0.497 e. The molecule has 0 heterocycles. The average molecular weight is 261 g/mol. The quantitative estimate of drug-likeness (QED) is 0.459. The van der Waals surface area contributed by atoms with Crippen molar-refractivity contribution in [2.45, 2.75) is 13.5 Å². The Morgan fingerprint density at radius 2 is 2.00 bits per heavy atom. The summed E-state index contributed by atoms with van der Waals surface area (Å²) in [5.41, 5.74) is 1.17. The molecule has 4 nitrogen and oxygen atoms in total. The van der Waals surface area contributed by atoms with Crippen LogP contribution in [0.1, 0.15) is 12.5 Å². The normalized spacial score (nSPS) is 9.68. The number of benzene rings is 1. The van der Waals surface area contributed by atoms with Crippen LogP contribution >= 0.6 is 0 Å². The van der Waals surface area contributed by atoms with Crippen LogP contribution in [0.15, 0.2) is 24.3 Å². The highest BCUT2D eigenvalue weighted by Crippen LogP contribution is 2.12. The van der Waals surface area contributed by atoms with Gasteiger partial charge < -0.3 is 9.47 Å². The van der Waals surface area contributed by atoms with Gasteiger partial charge in [-0.1, -0.05) is 18.1 Å². The Morgan fingerprint density at radius 1 is 1.32 bits per heavy atom. The van der Waals surface area contributed by atoms with Crippen LogP contribution in [0, 0.1) is 11.8 Å². The van der Waals surface area contributed by atoms with Crippen LogP contribution in [-0.4, -0.2) is 38.2 Å². The molecule has 0 aliphatic carbocycles. The summed E-state index contributed by atoms with van der Waals surface area (Å²) in [6.45, 7) is 3.40. The van der Waals surface area contributed by atoms with Gasteiger partial charge in [-0.25, -0.2) is 4.79 Å². The van der Waals surface area contributed by atoms with E-state index in [0.29, 0.717) is 13.2 Å². The molecule has 0 amide bonds. The van der Waals surface area contributed by atoms with E-state index in [-0.39, 0.29) is 0 Å². The number of methoxy groups -OCH3 is 1. The topological polar surface area (TPSA) is 38.8 Å². The van der Waals surface area contributed by atoms with Crippen LogP contribution in [-0.2, 0) is 16.1 Å². The van der Waals surface area contributed by atoms with Gasteiger partial charge in [0.1, 0.15) is 5.75 Å². The molecule has 0 saturated carbocycles. The molecule has 0 atom stereocenters. The molecular weight excluding hydrogens is 242 g/mol. The third-order valence-corrected chi connectivity index (χ3v) is 2.43. The highest BCUT2D eigenvalue weighted by molar-refractivity contribution is 5.88. The molecule has 0 spiro atoms. The second-order valence-corrected chi connectivity index (χ2v) is 4.04. The third kappa shape index (κ3) is 5.94. The molecule has 0 aliphatic heterocycles. The predicted octanol–water partition coefficient (Wildman–Crippen LogP) is 1.69. The highest BCUT2D eigenvalue weighted by Gasteiger charge is 1.99. The van der Waals surface area contributed by atoms with Crippen molar-refractivity contribution < 1.29 is 14.3 Å². The van der Waals surface area contributed by atoms with Gasteiger partial charge >= 0.3 is 5.97 Å². The van der Waals surface area contributed by atoms with Gasteiger partial charge in [0.15, 0.2) is 0 Å².